The summed E-state index contributed by atoms with van der Waals surface area (Å²) in [5, 5.41) is 0. The summed E-state index contributed by atoms with van der Waals surface area (Å²) in [6.07, 6.45) is 1.69. The Bertz CT molecular complexity index is 320. The van der Waals surface area contributed by atoms with E-state index in [1.165, 1.54) is 0 Å². The first-order chi connectivity index (χ1) is 7.09. The minimum atomic E-state index is -4.69. The SMILES string of the molecule is F[B-](F)(F)[C@@H]1CCC[C@H]1c1ccccc1. The maximum atomic E-state index is 12.8. The third kappa shape index (κ3) is 2.19. The predicted molar refractivity (Wildman–Crippen MR) is 55.9 cm³/mol. The first-order valence-corrected chi connectivity index (χ1v) is 5.34. The average molecular weight is 213 g/mol. The lowest BCUT2D eigenvalue weighted by atomic mass is 9.65. The van der Waals surface area contributed by atoms with Crippen LogP contribution in [0.4, 0.5) is 12.9 Å². The van der Waals surface area contributed by atoms with E-state index >= 15 is 0 Å². The summed E-state index contributed by atoms with van der Waals surface area (Å²) in [6, 6.07) is 9.09. The largest absolute Gasteiger partial charge is 0.481 e. The lowest BCUT2D eigenvalue weighted by molar-refractivity contribution is 0.420. The maximum Gasteiger partial charge on any atom is 0.481 e. The van der Waals surface area contributed by atoms with Gasteiger partial charge >= 0.3 is 6.98 Å². The Morgan fingerprint density at radius 2 is 1.67 bits per heavy atom. The predicted octanol–water partition coefficient (Wildman–Crippen LogP) is 4.17. The first kappa shape index (κ1) is 10.6. The van der Waals surface area contributed by atoms with E-state index in [1.807, 2.05) is 30.3 Å². The van der Waals surface area contributed by atoms with Crippen LogP contribution in [0.25, 0.3) is 0 Å². The van der Waals surface area contributed by atoms with Crippen molar-refractivity contribution >= 4 is 6.98 Å². The van der Waals surface area contributed by atoms with E-state index in [-0.39, 0.29) is 5.92 Å². The van der Waals surface area contributed by atoms with Crippen molar-refractivity contribution < 1.29 is 12.9 Å². The molecule has 1 aliphatic rings. The number of hydrogen-bond donors (Lipinski definition) is 0. The van der Waals surface area contributed by atoms with Gasteiger partial charge in [0.25, 0.3) is 0 Å². The molecule has 0 heterocycles. The van der Waals surface area contributed by atoms with Crippen LogP contribution in [0.3, 0.4) is 0 Å². The van der Waals surface area contributed by atoms with Crippen LogP contribution >= 0.6 is 0 Å². The Morgan fingerprint density at radius 3 is 2.27 bits per heavy atom. The zero-order valence-electron chi connectivity index (χ0n) is 8.37. The molecule has 2 rings (SSSR count). The molecule has 4 heteroatoms. The first-order valence-electron chi connectivity index (χ1n) is 5.34. The van der Waals surface area contributed by atoms with Crippen molar-refractivity contribution in [1.82, 2.24) is 0 Å². The summed E-state index contributed by atoms with van der Waals surface area (Å²) in [7, 11) is 0. The van der Waals surface area contributed by atoms with Crippen LogP contribution in [0.2, 0.25) is 5.82 Å². The Hall–Kier alpha value is -0.925. The average Bonchev–Trinajstić information content (AvgIpc) is 2.67. The molecule has 1 aliphatic carbocycles. The van der Waals surface area contributed by atoms with Gasteiger partial charge in [-0.2, -0.15) is 0 Å². The highest BCUT2D eigenvalue weighted by atomic mass is 19.4. The van der Waals surface area contributed by atoms with Gasteiger partial charge in [0.15, 0.2) is 0 Å². The van der Waals surface area contributed by atoms with E-state index < -0.39 is 12.8 Å². The van der Waals surface area contributed by atoms with E-state index in [9.17, 15) is 12.9 Å². The Balaban J connectivity index is 2.23. The quantitative estimate of drug-likeness (QED) is 0.646. The zero-order valence-corrected chi connectivity index (χ0v) is 8.37. The Kier molecular flexibility index (Phi) is 2.76. The van der Waals surface area contributed by atoms with Crippen molar-refractivity contribution in [2.24, 2.45) is 0 Å². The van der Waals surface area contributed by atoms with E-state index in [1.54, 1.807) is 0 Å². The van der Waals surface area contributed by atoms with Crippen molar-refractivity contribution in [3.8, 4) is 0 Å². The van der Waals surface area contributed by atoms with E-state index in [2.05, 4.69) is 0 Å². The van der Waals surface area contributed by atoms with Crippen LogP contribution in [-0.4, -0.2) is 6.98 Å². The lowest BCUT2D eigenvalue weighted by Crippen LogP contribution is -2.26. The van der Waals surface area contributed by atoms with E-state index in [0.717, 1.165) is 5.56 Å². The van der Waals surface area contributed by atoms with Gasteiger partial charge in [0.1, 0.15) is 0 Å². The van der Waals surface area contributed by atoms with E-state index in [4.69, 9.17) is 0 Å². The van der Waals surface area contributed by atoms with Crippen LogP contribution in [-0.2, 0) is 0 Å². The molecule has 0 spiro atoms. The summed E-state index contributed by atoms with van der Waals surface area (Å²) in [6.45, 7) is -4.69. The summed E-state index contributed by atoms with van der Waals surface area (Å²) in [5.41, 5.74) is 0.846. The summed E-state index contributed by atoms with van der Waals surface area (Å²) < 4.78 is 38.3. The topological polar surface area (TPSA) is 0 Å². The molecule has 0 nitrogen and oxygen atoms in total. The maximum absolute atomic E-state index is 12.8. The molecule has 15 heavy (non-hydrogen) atoms. The summed E-state index contributed by atoms with van der Waals surface area (Å²) in [5.74, 6) is -1.38. The van der Waals surface area contributed by atoms with Gasteiger partial charge < -0.3 is 12.9 Å². The third-order valence-corrected chi connectivity index (χ3v) is 3.28. The molecular weight excluding hydrogens is 200 g/mol. The van der Waals surface area contributed by atoms with Crippen LogP contribution in [0.15, 0.2) is 30.3 Å². The van der Waals surface area contributed by atoms with Crippen molar-refractivity contribution in [1.29, 1.82) is 0 Å². The Morgan fingerprint density at radius 1 is 1.00 bits per heavy atom. The molecular formula is C11H13BF3-. The lowest BCUT2D eigenvalue weighted by Gasteiger charge is -2.28. The monoisotopic (exact) mass is 213 g/mol. The number of benzene rings is 1. The highest BCUT2D eigenvalue weighted by Crippen LogP contribution is 2.50. The van der Waals surface area contributed by atoms with Gasteiger partial charge in [-0.3, -0.25) is 0 Å². The molecule has 82 valence electrons. The van der Waals surface area contributed by atoms with Crippen LogP contribution in [0.5, 0.6) is 0 Å². The fraction of sp³-hybridized carbons (Fsp3) is 0.455. The Labute approximate surface area is 87.6 Å². The summed E-state index contributed by atoms with van der Waals surface area (Å²) in [4.78, 5) is 0. The van der Waals surface area contributed by atoms with E-state index in [0.29, 0.717) is 19.3 Å². The minimum Gasteiger partial charge on any atom is -0.449 e. The van der Waals surface area contributed by atoms with Crippen molar-refractivity contribution in [2.45, 2.75) is 31.0 Å². The molecule has 0 amide bonds. The molecule has 0 radical (unpaired) electrons. The fourth-order valence-corrected chi connectivity index (χ4v) is 2.56. The van der Waals surface area contributed by atoms with Gasteiger partial charge in [0.2, 0.25) is 0 Å². The molecule has 0 aromatic heterocycles. The fourth-order valence-electron chi connectivity index (χ4n) is 2.56. The van der Waals surface area contributed by atoms with Gasteiger partial charge in [-0.15, -0.1) is 0 Å². The van der Waals surface area contributed by atoms with Gasteiger partial charge in [-0.05, 0) is 17.9 Å². The zero-order chi connectivity index (χ0) is 10.9. The molecule has 2 atom stereocenters. The number of halogens is 3. The molecule has 1 saturated carbocycles. The standard InChI is InChI=1S/C11H13BF3/c13-12(14,15)11-8-4-7-10(11)9-5-2-1-3-6-9/h1-3,5-6,10-11H,4,7-8H2/q-1/t10-,11+/m0/s1. The van der Waals surface area contributed by atoms with Gasteiger partial charge in [-0.1, -0.05) is 49.0 Å². The highest BCUT2D eigenvalue weighted by molar-refractivity contribution is 6.60. The normalized spacial score (nSPS) is 26.9. The molecule has 0 bridgehead atoms. The summed E-state index contributed by atoms with van der Waals surface area (Å²) >= 11 is 0. The molecule has 0 N–H and O–H groups in total. The third-order valence-electron chi connectivity index (χ3n) is 3.28. The second-order valence-electron chi connectivity index (χ2n) is 4.24. The second-order valence-corrected chi connectivity index (χ2v) is 4.24. The second kappa shape index (κ2) is 3.91. The minimum absolute atomic E-state index is 0.300. The van der Waals surface area contributed by atoms with Gasteiger partial charge in [0, 0.05) is 0 Å². The molecule has 0 aliphatic heterocycles. The smallest absolute Gasteiger partial charge is 0.449 e. The van der Waals surface area contributed by atoms with Crippen molar-refractivity contribution in [3.05, 3.63) is 35.9 Å². The van der Waals surface area contributed by atoms with Crippen LogP contribution in [0.1, 0.15) is 30.7 Å². The number of hydrogen-bond acceptors (Lipinski definition) is 0. The van der Waals surface area contributed by atoms with Crippen molar-refractivity contribution in [3.63, 3.8) is 0 Å². The number of rotatable bonds is 2. The van der Waals surface area contributed by atoms with Crippen LogP contribution < -0.4 is 0 Å². The van der Waals surface area contributed by atoms with Gasteiger partial charge in [0.05, 0.1) is 0 Å². The molecule has 1 aromatic rings. The van der Waals surface area contributed by atoms with Crippen molar-refractivity contribution in [2.75, 3.05) is 0 Å². The molecule has 0 unspecified atom stereocenters. The molecule has 1 aromatic carbocycles. The molecule has 1 fully saturated rings. The highest BCUT2D eigenvalue weighted by Gasteiger charge is 2.42. The van der Waals surface area contributed by atoms with Crippen LogP contribution in [0, 0.1) is 0 Å². The molecule has 0 saturated heterocycles. The van der Waals surface area contributed by atoms with Gasteiger partial charge in [-0.25, -0.2) is 0 Å².